The Labute approximate surface area is 119 Å². The number of nitrogens with zero attached hydrogens (tertiary/aromatic N) is 1. The van der Waals surface area contributed by atoms with E-state index in [0.29, 0.717) is 13.2 Å². The van der Waals surface area contributed by atoms with E-state index in [4.69, 9.17) is 4.74 Å². The second kappa shape index (κ2) is 5.44. The molecule has 1 saturated carbocycles. The Balaban J connectivity index is 1.52. The molecule has 108 valence electrons. The van der Waals surface area contributed by atoms with Crippen LogP contribution in [0.5, 0.6) is 0 Å². The first kappa shape index (κ1) is 13.4. The number of aliphatic hydroxyl groups is 1. The molecule has 0 bridgehead atoms. The summed E-state index contributed by atoms with van der Waals surface area (Å²) in [6, 6.07) is 9.70. The smallest absolute Gasteiger partial charge is 0.410 e. The molecule has 0 aromatic heterocycles. The van der Waals surface area contributed by atoms with E-state index in [0.717, 1.165) is 37.8 Å². The maximum Gasteiger partial charge on any atom is 0.410 e. The number of amides is 1. The number of ether oxygens (including phenoxy) is 1. The topological polar surface area (TPSA) is 49.8 Å². The van der Waals surface area contributed by atoms with E-state index >= 15 is 0 Å². The molecular weight excluding hydrogens is 254 g/mol. The molecule has 4 heteroatoms. The molecule has 1 aromatic rings. The maximum absolute atomic E-state index is 12.1. The van der Waals surface area contributed by atoms with E-state index in [1.54, 1.807) is 4.90 Å². The highest BCUT2D eigenvalue weighted by atomic mass is 16.6. The number of carbonyl (C=O) groups excluding carboxylic acids is 1. The van der Waals surface area contributed by atoms with Crippen LogP contribution < -0.4 is 0 Å². The zero-order valence-electron chi connectivity index (χ0n) is 11.6. The standard InChI is InChI=1S/C16H21NO3/c18-15(20-12-13-5-2-1-3-6-13)17-10-4-7-14(11-17)16(19)8-9-16/h1-3,5-6,14,19H,4,7-12H2. The van der Waals surface area contributed by atoms with Gasteiger partial charge in [0.2, 0.25) is 0 Å². The Morgan fingerprint density at radius 2 is 2.10 bits per heavy atom. The molecule has 1 saturated heterocycles. The molecule has 20 heavy (non-hydrogen) atoms. The molecule has 1 atom stereocenters. The van der Waals surface area contributed by atoms with Gasteiger partial charge in [-0.2, -0.15) is 0 Å². The maximum atomic E-state index is 12.1. The van der Waals surface area contributed by atoms with Gasteiger partial charge in [0, 0.05) is 19.0 Å². The highest BCUT2D eigenvalue weighted by molar-refractivity contribution is 5.67. The molecule has 1 aliphatic carbocycles. The molecule has 2 fully saturated rings. The van der Waals surface area contributed by atoms with Gasteiger partial charge in [0.25, 0.3) is 0 Å². The highest BCUT2D eigenvalue weighted by Gasteiger charge is 2.49. The van der Waals surface area contributed by atoms with Crippen LogP contribution in [0.1, 0.15) is 31.2 Å². The Morgan fingerprint density at radius 1 is 1.35 bits per heavy atom. The molecule has 1 heterocycles. The predicted molar refractivity (Wildman–Crippen MR) is 75.1 cm³/mol. The summed E-state index contributed by atoms with van der Waals surface area (Å²) in [4.78, 5) is 13.8. The van der Waals surface area contributed by atoms with Crippen LogP contribution in [0.2, 0.25) is 0 Å². The van der Waals surface area contributed by atoms with Gasteiger partial charge in [0.15, 0.2) is 0 Å². The lowest BCUT2D eigenvalue weighted by atomic mass is 9.91. The van der Waals surface area contributed by atoms with Crippen molar-refractivity contribution in [2.45, 2.75) is 37.9 Å². The van der Waals surface area contributed by atoms with E-state index in [9.17, 15) is 9.90 Å². The number of rotatable bonds is 3. The predicted octanol–water partition coefficient (Wildman–Crippen LogP) is 2.56. The lowest BCUT2D eigenvalue weighted by Gasteiger charge is -2.34. The number of piperidine rings is 1. The largest absolute Gasteiger partial charge is 0.445 e. The second-order valence-corrected chi connectivity index (χ2v) is 5.93. The monoisotopic (exact) mass is 275 g/mol. The number of carbonyl (C=O) groups is 1. The molecule has 1 aromatic carbocycles. The fourth-order valence-electron chi connectivity index (χ4n) is 2.93. The third kappa shape index (κ3) is 2.96. The third-order valence-corrected chi connectivity index (χ3v) is 4.41. The van der Waals surface area contributed by atoms with Crippen molar-refractivity contribution in [1.29, 1.82) is 0 Å². The van der Waals surface area contributed by atoms with Crippen LogP contribution in [0.15, 0.2) is 30.3 Å². The summed E-state index contributed by atoms with van der Waals surface area (Å²) in [5.41, 5.74) is 0.494. The summed E-state index contributed by atoms with van der Waals surface area (Å²) in [5.74, 6) is 0.223. The number of hydrogen-bond acceptors (Lipinski definition) is 3. The first-order chi connectivity index (χ1) is 9.67. The molecule has 3 rings (SSSR count). The first-order valence-electron chi connectivity index (χ1n) is 7.35. The van der Waals surface area contributed by atoms with Crippen molar-refractivity contribution < 1.29 is 14.6 Å². The van der Waals surface area contributed by atoms with E-state index in [2.05, 4.69) is 0 Å². The highest BCUT2D eigenvalue weighted by Crippen LogP contribution is 2.45. The molecule has 1 aliphatic heterocycles. The van der Waals surface area contributed by atoms with Gasteiger partial charge in [-0.1, -0.05) is 30.3 Å². The van der Waals surface area contributed by atoms with Crippen molar-refractivity contribution in [3.8, 4) is 0 Å². The van der Waals surface area contributed by atoms with Gasteiger partial charge in [-0.05, 0) is 31.2 Å². The normalized spacial score (nSPS) is 24.2. The SMILES string of the molecule is O=C(OCc1ccccc1)N1CCCC(C2(O)CC2)C1. The molecule has 1 amide bonds. The molecule has 4 nitrogen and oxygen atoms in total. The lowest BCUT2D eigenvalue weighted by molar-refractivity contribution is 0.0240. The molecule has 1 unspecified atom stereocenters. The molecule has 0 radical (unpaired) electrons. The summed E-state index contributed by atoms with van der Waals surface area (Å²) in [7, 11) is 0. The van der Waals surface area contributed by atoms with Crippen LogP contribution in [0.3, 0.4) is 0 Å². The van der Waals surface area contributed by atoms with Crippen molar-refractivity contribution in [3.05, 3.63) is 35.9 Å². The number of hydrogen-bond donors (Lipinski definition) is 1. The summed E-state index contributed by atoms with van der Waals surface area (Å²) >= 11 is 0. The molecular formula is C16H21NO3. The number of likely N-dealkylation sites (tertiary alicyclic amines) is 1. The Morgan fingerprint density at radius 3 is 2.80 bits per heavy atom. The fourth-order valence-corrected chi connectivity index (χ4v) is 2.93. The van der Waals surface area contributed by atoms with Gasteiger partial charge in [0.05, 0.1) is 5.60 Å². The van der Waals surface area contributed by atoms with E-state index < -0.39 is 5.60 Å². The molecule has 2 aliphatic rings. The Kier molecular flexibility index (Phi) is 3.66. The van der Waals surface area contributed by atoms with Crippen LogP contribution in [0.25, 0.3) is 0 Å². The van der Waals surface area contributed by atoms with Gasteiger partial charge >= 0.3 is 6.09 Å². The zero-order valence-corrected chi connectivity index (χ0v) is 11.6. The number of benzene rings is 1. The molecule has 1 N–H and O–H groups in total. The van der Waals surface area contributed by atoms with E-state index in [1.165, 1.54) is 0 Å². The minimum atomic E-state index is -0.502. The quantitative estimate of drug-likeness (QED) is 0.922. The van der Waals surface area contributed by atoms with Crippen molar-refractivity contribution in [1.82, 2.24) is 4.90 Å². The van der Waals surface area contributed by atoms with Crippen LogP contribution in [-0.4, -0.2) is 34.8 Å². The van der Waals surface area contributed by atoms with Crippen molar-refractivity contribution in [2.24, 2.45) is 5.92 Å². The minimum absolute atomic E-state index is 0.223. The van der Waals surface area contributed by atoms with Gasteiger partial charge in [-0.3, -0.25) is 0 Å². The van der Waals surface area contributed by atoms with Crippen LogP contribution >= 0.6 is 0 Å². The summed E-state index contributed by atoms with van der Waals surface area (Å²) < 4.78 is 5.35. The summed E-state index contributed by atoms with van der Waals surface area (Å²) in [5, 5.41) is 10.2. The minimum Gasteiger partial charge on any atom is -0.445 e. The second-order valence-electron chi connectivity index (χ2n) is 5.93. The molecule has 0 spiro atoms. The Hall–Kier alpha value is -1.55. The van der Waals surface area contributed by atoms with E-state index in [1.807, 2.05) is 30.3 Å². The zero-order chi connectivity index (χ0) is 14.0. The van der Waals surface area contributed by atoms with Gasteiger partial charge in [-0.15, -0.1) is 0 Å². The lowest BCUT2D eigenvalue weighted by Crippen LogP contribution is -2.44. The van der Waals surface area contributed by atoms with Gasteiger partial charge in [-0.25, -0.2) is 4.79 Å². The van der Waals surface area contributed by atoms with Crippen molar-refractivity contribution in [3.63, 3.8) is 0 Å². The van der Waals surface area contributed by atoms with Crippen LogP contribution in [-0.2, 0) is 11.3 Å². The average molecular weight is 275 g/mol. The average Bonchev–Trinajstić information content (AvgIpc) is 3.25. The van der Waals surface area contributed by atoms with Gasteiger partial charge in [0.1, 0.15) is 6.61 Å². The summed E-state index contributed by atoms with van der Waals surface area (Å²) in [6.45, 7) is 1.68. The van der Waals surface area contributed by atoms with Crippen molar-refractivity contribution in [2.75, 3.05) is 13.1 Å². The first-order valence-corrected chi connectivity index (χ1v) is 7.35. The fraction of sp³-hybridized carbons (Fsp3) is 0.562. The summed E-state index contributed by atoms with van der Waals surface area (Å²) in [6.07, 6.45) is 3.46. The van der Waals surface area contributed by atoms with Crippen LogP contribution in [0, 0.1) is 5.92 Å². The third-order valence-electron chi connectivity index (χ3n) is 4.41. The Bertz CT molecular complexity index is 470. The van der Waals surface area contributed by atoms with Crippen LogP contribution in [0.4, 0.5) is 4.79 Å². The van der Waals surface area contributed by atoms with Crippen molar-refractivity contribution >= 4 is 6.09 Å². The van der Waals surface area contributed by atoms with E-state index in [-0.39, 0.29) is 12.0 Å². The van der Waals surface area contributed by atoms with Gasteiger partial charge < -0.3 is 14.7 Å².